The number of carbonyl (C=O) groups is 2. The van der Waals surface area contributed by atoms with E-state index in [1.165, 1.54) is 0 Å². The zero-order valence-corrected chi connectivity index (χ0v) is 19.4. The number of aliphatic hydroxyl groups excluding tert-OH is 1. The number of benzene rings is 3. The molecule has 0 spiro atoms. The maximum Gasteiger partial charge on any atom is 0.319 e. The number of urea groups is 1. The lowest BCUT2D eigenvalue weighted by Crippen LogP contribution is -2.52. The van der Waals surface area contributed by atoms with Crippen molar-refractivity contribution in [3.63, 3.8) is 0 Å². The van der Waals surface area contributed by atoms with Crippen molar-refractivity contribution in [1.29, 1.82) is 0 Å². The van der Waals surface area contributed by atoms with Crippen LogP contribution < -0.4 is 16.0 Å². The summed E-state index contributed by atoms with van der Waals surface area (Å²) < 4.78 is 32.9. The van der Waals surface area contributed by atoms with Gasteiger partial charge in [0.2, 0.25) is 5.91 Å². The molecule has 1 saturated heterocycles. The monoisotopic (exact) mass is 495 g/mol. The maximum absolute atomic E-state index is 13.8. The minimum atomic E-state index is -0.772. The van der Waals surface area contributed by atoms with Gasteiger partial charge in [0.15, 0.2) is 0 Å². The first-order valence-corrected chi connectivity index (χ1v) is 11.7. The Morgan fingerprint density at radius 2 is 1.64 bits per heavy atom. The molecule has 3 amide bonds. The van der Waals surface area contributed by atoms with Crippen LogP contribution in [0.3, 0.4) is 0 Å². The van der Waals surface area contributed by atoms with E-state index in [2.05, 4.69) is 16.0 Å². The molecule has 3 aromatic rings. The van der Waals surface area contributed by atoms with E-state index in [4.69, 9.17) is 4.74 Å². The number of carbonyl (C=O) groups excluding carboxylic acids is 2. The average Bonchev–Trinajstić information content (AvgIpc) is 2.88. The van der Waals surface area contributed by atoms with Crippen LogP contribution in [0.15, 0.2) is 72.8 Å². The van der Waals surface area contributed by atoms with E-state index in [1.54, 1.807) is 0 Å². The molecule has 0 aliphatic carbocycles. The molecule has 0 unspecified atom stereocenters. The van der Waals surface area contributed by atoms with Gasteiger partial charge in [-0.1, -0.05) is 42.5 Å². The van der Waals surface area contributed by atoms with Crippen LogP contribution >= 0.6 is 0 Å². The van der Waals surface area contributed by atoms with Gasteiger partial charge in [-0.2, -0.15) is 0 Å². The van der Waals surface area contributed by atoms with Crippen molar-refractivity contribution in [3.8, 4) is 11.1 Å². The lowest BCUT2D eigenvalue weighted by Gasteiger charge is -2.35. The van der Waals surface area contributed by atoms with Gasteiger partial charge < -0.3 is 25.8 Å². The second-order valence-corrected chi connectivity index (χ2v) is 8.58. The van der Waals surface area contributed by atoms with Crippen molar-refractivity contribution in [2.24, 2.45) is 0 Å². The Kier molecular flexibility index (Phi) is 8.24. The van der Waals surface area contributed by atoms with E-state index in [1.807, 2.05) is 54.6 Å². The van der Waals surface area contributed by atoms with Crippen molar-refractivity contribution in [1.82, 2.24) is 5.32 Å². The molecule has 0 radical (unpaired) electrons. The molecule has 9 heteroatoms. The SMILES string of the molecule is O=C(C[C@H]1CC[C@@H](NC(=O)Nc2cc(F)ccc2F)[C@@H](CO)O1)Nc1ccc(-c2ccccc2)cc1. The minimum absolute atomic E-state index is 0.0877. The molecule has 0 saturated carbocycles. The molecular formula is C27H27F2N3O4. The number of hydrogen-bond acceptors (Lipinski definition) is 4. The Bertz CT molecular complexity index is 1190. The summed E-state index contributed by atoms with van der Waals surface area (Å²) in [6.07, 6.45) is -0.188. The van der Waals surface area contributed by atoms with E-state index in [0.29, 0.717) is 18.5 Å². The van der Waals surface area contributed by atoms with Crippen LogP contribution in [0.1, 0.15) is 19.3 Å². The molecule has 3 atom stereocenters. The first-order chi connectivity index (χ1) is 17.4. The molecule has 0 bridgehead atoms. The molecular weight excluding hydrogens is 468 g/mol. The van der Waals surface area contributed by atoms with Crippen LogP contribution in [-0.2, 0) is 9.53 Å². The fraction of sp³-hybridized carbons (Fsp3) is 0.259. The van der Waals surface area contributed by atoms with Crippen LogP contribution in [0.5, 0.6) is 0 Å². The Hall–Kier alpha value is -3.82. The highest BCUT2D eigenvalue weighted by molar-refractivity contribution is 5.91. The Morgan fingerprint density at radius 1 is 0.917 bits per heavy atom. The summed E-state index contributed by atoms with van der Waals surface area (Å²) >= 11 is 0. The van der Waals surface area contributed by atoms with Crippen molar-refractivity contribution in [3.05, 3.63) is 84.4 Å². The summed E-state index contributed by atoms with van der Waals surface area (Å²) in [5.74, 6) is -1.69. The zero-order valence-electron chi connectivity index (χ0n) is 19.4. The van der Waals surface area contributed by atoms with Crippen LogP contribution in [0.2, 0.25) is 0 Å². The van der Waals surface area contributed by atoms with Gasteiger partial charge in [0.05, 0.1) is 30.9 Å². The van der Waals surface area contributed by atoms with Crippen LogP contribution in [0.25, 0.3) is 11.1 Å². The normalized spacial score (nSPS) is 19.4. The van der Waals surface area contributed by atoms with Gasteiger partial charge in [-0.15, -0.1) is 0 Å². The molecule has 4 N–H and O–H groups in total. The molecule has 1 aliphatic heterocycles. The second-order valence-electron chi connectivity index (χ2n) is 8.58. The third-order valence-electron chi connectivity index (χ3n) is 5.98. The number of nitrogens with one attached hydrogen (secondary N) is 3. The number of anilines is 2. The van der Waals surface area contributed by atoms with Gasteiger partial charge in [0, 0.05) is 11.8 Å². The van der Waals surface area contributed by atoms with E-state index in [9.17, 15) is 23.5 Å². The summed E-state index contributed by atoms with van der Waals surface area (Å²) in [6.45, 7) is -0.377. The van der Waals surface area contributed by atoms with Gasteiger partial charge in [0.25, 0.3) is 0 Å². The summed E-state index contributed by atoms with van der Waals surface area (Å²) in [6, 6.07) is 18.9. The fourth-order valence-corrected chi connectivity index (χ4v) is 4.16. The molecule has 1 heterocycles. The highest BCUT2D eigenvalue weighted by atomic mass is 19.1. The number of hydrogen-bond donors (Lipinski definition) is 4. The smallest absolute Gasteiger partial charge is 0.319 e. The first-order valence-electron chi connectivity index (χ1n) is 11.7. The quantitative estimate of drug-likeness (QED) is 0.382. The van der Waals surface area contributed by atoms with Gasteiger partial charge >= 0.3 is 6.03 Å². The van der Waals surface area contributed by atoms with E-state index in [-0.39, 0.29) is 24.6 Å². The number of amides is 3. The predicted molar refractivity (Wildman–Crippen MR) is 132 cm³/mol. The molecule has 0 aromatic heterocycles. The Morgan fingerprint density at radius 3 is 2.36 bits per heavy atom. The first kappa shape index (κ1) is 25.3. The number of halogens is 2. The minimum Gasteiger partial charge on any atom is -0.394 e. The van der Waals surface area contributed by atoms with Gasteiger partial charge in [-0.05, 0) is 48.2 Å². The molecule has 1 fully saturated rings. The summed E-state index contributed by atoms with van der Waals surface area (Å²) in [5.41, 5.74) is 2.49. The molecule has 7 nitrogen and oxygen atoms in total. The summed E-state index contributed by atoms with van der Waals surface area (Å²) in [7, 11) is 0. The predicted octanol–water partition coefficient (Wildman–Crippen LogP) is 4.69. The highest BCUT2D eigenvalue weighted by Gasteiger charge is 2.33. The summed E-state index contributed by atoms with van der Waals surface area (Å²) in [4.78, 5) is 24.8. The van der Waals surface area contributed by atoms with Gasteiger partial charge in [-0.25, -0.2) is 13.6 Å². The lowest BCUT2D eigenvalue weighted by molar-refractivity contribution is -0.126. The van der Waals surface area contributed by atoms with E-state index in [0.717, 1.165) is 29.3 Å². The third kappa shape index (κ3) is 6.65. The fourth-order valence-electron chi connectivity index (χ4n) is 4.16. The molecule has 3 aromatic carbocycles. The second kappa shape index (κ2) is 11.7. The summed E-state index contributed by atoms with van der Waals surface area (Å²) in [5, 5.41) is 17.5. The topological polar surface area (TPSA) is 99.7 Å². The Labute approximate surface area is 207 Å². The van der Waals surface area contributed by atoms with Crippen molar-refractivity contribution in [2.75, 3.05) is 17.2 Å². The van der Waals surface area contributed by atoms with Crippen LogP contribution in [-0.4, -0.2) is 41.9 Å². The number of ether oxygens (including phenoxy) is 1. The molecule has 1 aliphatic rings. The van der Waals surface area contributed by atoms with Crippen molar-refractivity contribution in [2.45, 2.75) is 37.5 Å². The van der Waals surface area contributed by atoms with Crippen LogP contribution in [0.4, 0.5) is 25.0 Å². The lowest BCUT2D eigenvalue weighted by atomic mass is 9.97. The van der Waals surface area contributed by atoms with Crippen molar-refractivity contribution < 1.29 is 28.2 Å². The van der Waals surface area contributed by atoms with E-state index < -0.39 is 35.9 Å². The molecule has 4 rings (SSSR count). The third-order valence-corrected chi connectivity index (χ3v) is 5.98. The number of aliphatic hydroxyl groups is 1. The highest BCUT2D eigenvalue weighted by Crippen LogP contribution is 2.24. The zero-order chi connectivity index (χ0) is 25.5. The van der Waals surface area contributed by atoms with Crippen molar-refractivity contribution >= 4 is 23.3 Å². The maximum atomic E-state index is 13.8. The van der Waals surface area contributed by atoms with Gasteiger partial charge in [0.1, 0.15) is 17.7 Å². The largest absolute Gasteiger partial charge is 0.394 e. The molecule has 188 valence electrons. The van der Waals surface area contributed by atoms with Gasteiger partial charge in [-0.3, -0.25) is 4.79 Å². The Balaban J connectivity index is 1.26. The standard InChI is InChI=1S/C27H27F2N3O4/c28-19-8-12-22(29)24(14-19)32-27(35)31-23-13-11-21(36-25(23)16-33)15-26(34)30-20-9-6-18(7-10-20)17-4-2-1-3-5-17/h1-10,12,14,21,23,25,33H,11,13,15-16H2,(H,30,34)(H2,31,32,35)/t21-,23-,25-/m1/s1. The number of rotatable bonds is 7. The van der Waals surface area contributed by atoms with E-state index >= 15 is 0 Å². The molecule has 36 heavy (non-hydrogen) atoms. The van der Waals surface area contributed by atoms with Crippen LogP contribution in [0, 0.1) is 11.6 Å². The average molecular weight is 496 g/mol.